The number of carbonyl (C=O) groups is 1. The number of carbonyl (C=O) groups excluding carboxylic acids is 1. The van der Waals surface area contributed by atoms with Crippen molar-refractivity contribution in [3.8, 4) is 5.75 Å². The molecule has 1 saturated heterocycles. The SMILES string of the molecule is O=C(c1ccc(OCCc2ccccc2)c(Br)c1)N1CCN(C(c2ccccc2)c2ccccc2)CC1. The number of rotatable bonds is 8. The van der Waals surface area contributed by atoms with Crippen LogP contribution in [0.2, 0.25) is 0 Å². The van der Waals surface area contributed by atoms with Crippen LogP contribution in [0.25, 0.3) is 0 Å². The van der Waals surface area contributed by atoms with E-state index in [0.717, 1.165) is 29.7 Å². The zero-order valence-corrected chi connectivity index (χ0v) is 22.4. The molecule has 5 rings (SSSR count). The molecule has 0 unspecified atom stereocenters. The molecular formula is C32H31BrN2O2. The molecule has 4 nitrogen and oxygen atoms in total. The molecule has 0 saturated carbocycles. The zero-order valence-electron chi connectivity index (χ0n) is 20.8. The van der Waals surface area contributed by atoms with E-state index in [9.17, 15) is 4.79 Å². The average Bonchev–Trinajstić information content (AvgIpc) is 2.96. The lowest BCUT2D eigenvalue weighted by atomic mass is 9.96. The summed E-state index contributed by atoms with van der Waals surface area (Å²) in [6.07, 6.45) is 0.838. The Hall–Kier alpha value is -3.41. The minimum Gasteiger partial charge on any atom is -0.492 e. The van der Waals surface area contributed by atoms with Gasteiger partial charge in [0.05, 0.1) is 17.1 Å². The summed E-state index contributed by atoms with van der Waals surface area (Å²) in [6.45, 7) is 3.62. The van der Waals surface area contributed by atoms with Gasteiger partial charge in [-0.05, 0) is 50.8 Å². The molecule has 0 atom stereocenters. The van der Waals surface area contributed by atoms with Crippen LogP contribution >= 0.6 is 15.9 Å². The molecular weight excluding hydrogens is 524 g/mol. The van der Waals surface area contributed by atoms with Crippen molar-refractivity contribution in [2.75, 3.05) is 32.8 Å². The highest BCUT2D eigenvalue weighted by molar-refractivity contribution is 9.10. The molecule has 1 aliphatic rings. The fourth-order valence-electron chi connectivity index (χ4n) is 4.92. The summed E-state index contributed by atoms with van der Waals surface area (Å²) in [6, 6.07) is 37.4. The van der Waals surface area contributed by atoms with Gasteiger partial charge in [0.25, 0.3) is 5.91 Å². The number of nitrogens with zero attached hydrogens (tertiary/aromatic N) is 2. The number of piperazine rings is 1. The molecule has 0 bridgehead atoms. The maximum atomic E-state index is 13.3. The molecule has 1 amide bonds. The van der Waals surface area contributed by atoms with E-state index in [0.29, 0.717) is 25.3 Å². The van der Waals surface area contributed by atoms with Gasteiger partial charge in [-0.15, -0.1) is 0 Å². The fourth-order valence-corrected chi connectivity index (χ4v) is 5.42. The molecule has 4 aromatic carbocycles. The first-order valence-corrected chi connectivity index (χ1v) is 13.6. The van der Waals surface area contributed by atoms with E-state index in [4.69, 9.17) is 4.74 Å². The minimum atomic E-state index is 0.0622. The molecule has 5 heteroatoms. The molecule has 37 heavy (non-hydrogen) atoms. The third kappa shape index (κ3) is 6.30. The van der Waals surface area contributed by atoms with Crippen LogP contribution in [0.5, 0.6) is 5.75 Å². The van der Waals surface area contributed by atoms with Gasteiger partial charge in [0.1, 0.15) is 5.75 Å². The Morgan fingerprint density at radius 3 is 1.89 bits per heavy atom. The summed E-state index contributed by atoms with van der Waals surface area (Å²) in [7, 11) is 0. The molecule has 1 fully saturated rings. The normalized spacial score (nSPS) is 14.1. The molecule has 188 valence electrons. The first-order valence-electron chi connectivity index (χ1n) is 12.8. The van der Waals surface area contributed by atoms with Crippen LogP contribution in [0.1, 0.15) is 33.1 Å². The Labute approximate surface area is 227 Å². The predicted octanol–water partition coefficient (Wildman–Crippen LogP) is 6.62. The van der Waals surface area contributed by atoms with E-state index >= 15 is 0 Å². The number of benzene rings is 4. The monoisotopic (exact) mass is 554 g/mol. The van der Waals surface area contributed by atoms with Gasteiger partial charge in [-0.3, -0.25) is 9.69 Å². The van der Waals surface area contributed by atoms with Crippen LogP contribution in [0.4, 0.5) is 0 Å². The highest BCUT2D eigenvalue weighted by Crippen LogP contribution is 2.30. The van der Waals surface area contributed by atoms with E-state index in [-0.39, 0.29) is 11.9 Å². The average molecular weight is 556 g/mol. The van der Waals surface area contributed by atoms with Gasteiger partial charge in [0.15, 0.2) is 0 Å². The molecule has 4 aromatic rings. The Bertz CT molecular complexity index is 1250. The lowest BCUT2D eigenvalue weighted by Crippen LogP contribution is -2.49. The molecule has 0 aromatic heterocycles. The van der Waals surface area contributed by atoms with Crippen LogP contribution in [0, 0.1) is 0 Å². The van der Waals surface area contributed by atoms with Gasteiger partial charge in [-0.1, -0.05) is 91.0 Å². The van der Waals surface area contributed by atoms with Gasteiger partial charge in [0, 0.05) is 38.2 Å². The van der Waals surface area contributed by atoms with Crippen LogP contribution in [0.3, 0.4) is 0 Å². The number of hydrogen-bond acceptors (Lipinski definition) is 3. The Balaban J connectivity index is 1.21. The van der Waals surface area contributed by atoms with Crippen LogP contribution in [0.15, 0.2) is 114 Å². The Morgan fingerprint density at radius 1 is 0.757 bits per heavy atom. The van der Waals surface area contributed by atoms with Crippen molar-refractivity contribution < 1.29 is 9.53 Å². The molecule has 0 N–H and O–H groups in total. The summed E-state index contributed by atoms with van der Waals surface area (Å²) in [5.74, 6) is 0.818. The Kier molecular flexibility index (Phi) is 8.34. The second-order valence-electron chi connectivity index (χ2n) is 9.28. The maximum Gasteiger partial charge on any atom is 0.253 e. The van der Waals surface area contributed by atoms with Gasteiger partial charge >= 0.3 is 0 Å². The smallest absolute Gasteiger partial charge is 0.253 e. The summed E-state index contributed by atoms with van der Waals surface area (Å²) >= 11 is 3.60. The van der Waals surface area contributed by atoms with Crippen LogP contribution < -0.4 is 4.74 Å². The highest BCUT2D eigenvalue weighted by atomic mass is 79.9. The second-order valence-corrected chi connectivity index (χ2v) is 10.1. The quantitative estimate of drug-likeness (QED) is 0.245. The number of ether oxygens (including phenoxy) is 1. The number of halogens is 1. The highest BCUT2D eigenvalue weighted by Gasteiger charge is 2.28. The third-order valence-electron chi connectivity index (χ3n) is 6.87. The lowest BCUT2D eigenvalue weighted by molar-refractivity contribution is 0.0597. The predicted molar refractivity (Wildman–Crippen MR) is 152 cm³/mol. The van der Waals surface area contributed by atoms with Gasteiger partial charge in [-0.25, -0.2) is 0 Å². The first-order chi connectivity index (χ1) is 18.2. The van der Waals surface area contributed by atoms with Gasteiger partial charge in [0.2, 0.25) is 0 Å². The standard InChI is InChI=1S/C32H31BrN2O2/c33-29-24-28(16-17-30(29)37-23-18-25-10-4-1-5-11-25)32(36)35-21-19-34(20-22-35)31(26-12-6-2-7-13-26)27-14-8-3-9-15-27/h1-17,24,31H,18-23H2. The first kappa shape index (κ1) is 25.2. The molecule has 0 radical (unpaired) electrons. The summed E-state index contributed by atoms with van der Waals surface area (Å²) < 4.78 is 6.77. The van der Waals surface area contributed by atoms with E-state index < -0.39 is 0 Å². The molecule has 1 heterocycles. The van der Waals surface area contributed by atoms with Crippen molar-refractivity contribution >= 4 is 21.8 Å². The van der Waals surface area contributed by atoms with Gasteiger partial charge in [-0.2, -0.15) is 0 Å². The Morgan fingerprint density at radius 2 is 1.32 bits per heavy atom. The third-order valence-corrected chi connectivity index (χ3v) is 7.49. The fraction of sp³-hybridized carbons (Fsp3) is 0.219. The lowest BCUT2D eigenvalue weighted by Gasteiger charge is -2.39. The maximum absolute atomic E-state index is 13.3. The summed E-state index contributed by atoms with van der Waals surface area (Å²) in [5.41, 5.74) is 4.48. The van der Waals surface area contributed by atoms with Crippen molar-refractivity contribution in [3.63, 3.8) is 0 Å². The molecule has 0 spiro atoms. The second kappa shape index (κ2) is 12.2. The number of amides is 1. The van der Waals surface area contributed by atoms with Crippen molar-refractivity contribution in [2.24, 2.45) is 0 Å². The molecule has 1 aliphatic heterocycles. The largest absolute Gasteiger partial charge is 0.492 e. The summed E-state index contributed by atoms with van der Waals surface area (Å²) in [5, 5.41) is 0. The summed E-state index contributed by atoms with van der Waals surface area (Å²) in [4.78, 5) is 17.8. The topological polar surface area (TPSA) is 32.8 Å². The zero-order chi connectivity index (χ0) is 25.5. The molecule has 0 aliphatic carbocycles. The van der Waals surface area contributed by atoms with Crippen LogP contribution in [-0.2, 0) is 6.42 Å². The van der Waals surface area contributed by atoms with Crippen molar-refractivity contribution in [2.45, 2.75) is 12.5 Å². The number of hydrogen-bond donors (Lipinski definition) is 0. The van der Waals surface area contributed by atoms with E-state index in [1.54, 1.807) is 0 Å². The van der Waals surface area contributed by atoms with E-state index in [1.165, 1.54) is 16.7 Å². The van der Waals surface area contributed by atoms with Crippen molar-refractivity contribution in [1.82, 2.24) is 9.80 Å². The van der Waals surface area contributed by atoms with E-state index in [1.807, 2.05) is 41.3 Å². The van der Waals surface area contributed by atoms with E-state index in [2.05, 4.69) is 93.6 Å². The van der Waals surface area contributed by atoms with Crippen LogP contribution in [-0.4, -0.2) is 48.5 Å². The van der Waals surface area contributed by atoms with Crippen molar-refractivity contribution in [3.05, 3.63) is 136 Å². The van der Waals surface area contributed by atoms with Crippen molar-refractivity contribution in [1.29, 1.82) is 0 Å². The minimum absolute atomic E-state index is 0.0622. The van der Waals surface area contributed by atoms with Gasteiger partial charge < -0.3 is 9.64 Å².